The summed E-state index contributed by atoms with van der Waals surface area (Å²) in [4.78, 5) is 38.9. The molecule has 39 heavy (non-hydrogen) atoms. The number of hydrogen-bond acceptors (Lipinski definition) is 6. The summed E-state index contributed by atoms with van der Waals surface area (Å²) in [6, 6.07) is 3.53. The van der Waals surface area contributed by atoms with Crippen molar-refractivity contribution in [3.63, 3.8) is 0 Å². The third-order valence-corrected chi connectivity index (χ3v) is 9.02. The average molecular weight is 563 g/mol. The molecule has 0 amide bonds. The molecule has 2 atom stereocenters. The van der Waals surface area contributed by atoms with Gasteiger partial charge in [0.05, 0.1) is 16.6 Å². The second kappa shape index (κ2) is 9.12. The highest BCUT2D eigenvalue weighted by Crippen LogP contribution is 2.49. The number of aromatic nitrogens is 4. The minimum absolute atomic E-state index is 0.0302. The van der Waals surface area contributed by atoms with Crippen LogP contribution in [0.4, 0.5) is 23.4 Å². The Morgan fingerprint density at radius 2 is 1.77 bits per heavy atom. The number of thioether (sulfide) groups is 1. The Bertz CT molecular complexity index is 1730. The molecule has 8 nitrogen and oxygen atoms in total. The molecule has 1 fully saturated rings. The van der Waals surface area contributed by atoms with Gasteiger partial charge in [0.15, 0.2) is 0 Å². The minimum atomic E-state index is -4.79. The first-order valence-electron chi connectivity index (χ1n) is 12.6. The molecule has 0 bridgehead atoms. The molecule has 2 N–H and O–H groups in total. The van der Waals surface area contributed by atoms with Crippen molar-refractivity contribution in [2.24, 2.45) is 0 Å². The van der Waals surface area contributed by atoms with Crippen molar-refractivity contribution < 1.29 is 17.6 Å². The van der Waals surface area contributed by atoms with E-state index < -0.39 is 28.9 Å². The van der Waals surface area contributed by atoms with Crippen molar-refractivity contribution in [1.29, 1.82) is 0 Å². The Labute approximate surface area is 224 Å². The molecular formula is C26H26F4N6O2S. The lowest BCUT2D eigenvalue weighted by Gasteiger charge is -2.43. The summed E-state index contributed by atoms with van der Waals surface area (Å²) in [7, 11) is 2.00. The number of H-pyrrole nitrogens is 2. The standard InChI is InChI=1S/C26H26F4N6O2S/c1-12-10-35(11-13(2)34(12)3)23-15-9-16(26(28,29)30)18(14-5-6-17(27)20-19(14)31-24(37)32-20)22-21(15)36(25(38)33-23)7-4-8-39-22/h5-6,9,12-13H,4,7-8,10-11H2,1-3H3,(H2,31,32,37). The zero-order chi connectivity index (χ0) is 27.8. The van der Waals surface area contributed by atoms with Gasteiger partial charge in [-0.15, -0.1) is 11.8 Å². The van der Waals surface area contributed by atoms with Crippen LogP contribution >= 0.6 is 11.8 Å². The van der Waals surface area contributed by atoms with Crippen molar-refractivity contribution >= 4 is 39.5 Å². The van der Waals surface area contributed by atoms with Crippen LogP contribution in [0.1, 0.15) is 25.8 Å². The molecule has 0 spiro atoms. The number of nitrogens with one attached hydrogen (secondary N) is 2. The maximum Gasteiger partial charge on any atom is 0.417 e. The quantitative estimate of drug-likeness (QED) is 0.352. The Morgan fingerprint density at radius 1 is 1.08 bits per heavy atom. The van der Waals surface area contributed by atoms with E-state index in [1.807, 2.05) is 25.8 Å². The van der Waals surface area contributed by atoms with E-state index in [0.29, 0.717) is 37.3 Å². The number of aryl methyl sites for hydroxylation is 1. The molecule has 4 heterocycles. The summed E-state index contributed by atoms with van der Waals surface area (Å²) in [5.74, 6) is -0.0593. The number of alkyl halides is 3. The molecule has 2 unspecified atom stereocenters. The van der Waals surface area contributed by atoms with E-state index in [9.17, 15) is 27.2 Å². The van der Waals surface area contributed by atoms with E-state index >= 15 is 0 Å². The lowest BCUT2D eigenvalue weighted by atomic mass is 9.95. The number of benzene rings is 2. The van der Waals surface area contributed by atoms with Gasteiger partial charge in [0.1, 0.15) is 17.2 Å². The topological polar surface area (TPSA) is 90.0 Å². The predicted molar refractivity (Wildman–Crippen MR) is 143 cm³/mol. The predicted octanol–water partition coefficient (Wildman–Crippen LogP) is 4.42. The summed E-state index contributed by atoms with van der Waals surface area (Å²) in [5, 5.41) is 0.250. The summed E-state index contributed by atoms with van der Waals surface area (Å²) in [5.41, 5.74) is -2.23. The highest BCUT2D eigenvalue weighted by molar-refractivity contribution is 7.99. The van der Waals surface area contributed by atoms with Crippen molar-refractivity contribution in [3.8, 4) is 11.1 Å². The number of nitrogens with zero attached hydrogens (tertiary/aromatic N) is 4. The second-order valence-corrected chi connectivity index (χ2v) is 11.4. The van der Waals surface area contributed by atoms with Gasteiger partial charge in [-0.25, -0.2) is 14.0 Å². The SMILES string of the molecule is CC1CN(c2nc(=O)n3c4c(c(-c5ccc(F)c6[nH]c(=O)[nH]c56)c(C(F)(F)F)cc24)SCCC3)CC(C)N1C. The highest BCUT2D eigenvalue weighted by Gasteiger charge is 2.39. The monoisotopic (exact) mass is 562 g/mol. The average Bonchev–Trinajstić information content (AvgIpc) is 3.13. The Kier molecular flexibility index (Phi) is 6.06. The van der Waals surface area contributed by atoms with Crippen LogP contribution < -0.4 is 16.3 Å². The number of imidazole rings is 1. The molecule has 4 aromatic rings. The highest BCUT2D eigenvalue weighted by atomic mass is 32.2. The zero-order valence-electron chi connectivity index (χ0n) is 21.4. The molecular weight excluding hydrogens is 536 g/mol. The van der Waals surface area contributed by atoms with Crippen LogP contribution in [-0.4, -0.2) is 62.4 Å². The zero-order valence-corrected chi connectivity index (χ0v) is 22.3. The van der Waals surface area contributed by atoms with Gasteiger partial charge in [0.25, 0.3) is 0 Å². The number of anilines is 1. The van der Waals surface area contributed by atoms with Gasteiger partial charge in [0, 0.05) is 53.1 Å². The van der Waals surface area contributed by atoms with E-state index in [4.69, 9.17) is 0 Å². The van der Waals surface area contributed by atoms with Crippen molar-refractivity contribution in [2.75, 3.05) is 30.8 Å². The molecule has 0 aliphatic carbocycles. The third-order valence-electron chi connectivity index (χ3n) is 7.84. The summed E-state index contributed by atoms with van der Waals surface area (Å²) >= 11 is 1.23. The number of rotatable bonds is 2. The summed E-state index contributed by atoms with van der Waals surface area (Å²) in [6.45, 7) is 5.36. The van der Waals surface area contributed by atoms with Crippen LogP contribution in [0.5, 0.6) is 0 Å². The smallest absolute Gasteiger partial charge is 0.353 e. The van der Waals surface area contributed by atoms with Gasteiger partial charge >= 0.3 is 17.6 Å². The van der Waals surface area contributed by atoms with Gasteiger partial charge in [-0.3, -0.25) is 9.47 Å². The van der Waals surface area contributed by atoms with Crippen LogP contribution in [0.2, 0.25) is 0 Å². The first-order chi connectivity index (χ1) is 18.5. The van der Waals surface area contributed by atoms with Crippen molar-refractivity contribution in [2.45, 2.75) is 50.0 Å². The number of halogens is 4. The fourth-order valence-electron chi connectivity index (χ4n) is 5.74. The van der Waals surface area contributed by atoms with Crippen LogP contribution in [0, 0.1) is 5.82 Å². The minimum Gasteiger partial charge on any atom is -0.353 e. The van der Waals surface area contributed by atoms with Gasteiger partial charge in [0.2, 0.25) is 0 Å². The van der Waals surface area contributed by atoms with E-state index in [-0.39, 0.29) is 50.3 Å². The van der Waals surface area contributed by atoms with Gasteiger partial charge in [-0.1, -0.05) is 0 Å². The van der Waals surface area contributed by atoms with Crippen LogP contribution in [0.25, 0.3) is 33.1 Å². The maximum atomic E-state index is 14.8. The molecule has 2 aromatic heterocycles. The lowest BCUT2D eigenvalue weighted by Crippen LogP contribution is -2.55. The van der Waals surface area contributed by atoms with Crippen LogP contribution in [0.15, 0.2) is 32.7 Å². The largest absolute Gasteiger partial charge is 0.417 e. The molecule has 206 valence electrons. The second-order valence-electron chi connectivity index (χ2n) is 10.3. The molecule has 2 aliphatic rings. The maximum absolute atomic E-state index is 14.8. The molecule has 2 aromatic carbocycles. The molecule has 0 saturated carbocycles. The number of likely N-dealkylation sites (N-methyl/N-ethyl adjacent to an activating group) is 1. The molecule has 0 radical (unpaired) electrons. The summed E-state index contributed by atoms with van der Waals surface area (Å²) in [6.07, 6.45) is -4.23. The lowest BCUT2D eigenvalue weighted by molar-refractivity contribution is -0.137. The van der Waals surface area contributed by atoms with Crippen LogP contribution in [-0.2, 0) is 12.7 Å². The fraction of sp³-hybridized carbons (Fsp3) is 0.423. The third kappa shape index (κ3) is 4.13. The number of fused-ring (bicyclic) bond motifs is 1. The van der Waals surface area contributed by atoms with Gasteiger partial charge < -0.3 is 14.9 Å². The number of piperazine rings is 1. The van der Waals surface area contributed by atoms with Gasteiger partial charge in [-0.2, -0.15) is 18.2 Å². The molecule has 6 rings (SSSR count). The van der Waals surface area contributed by atoms with E-state index in [0.717, 1.165) is 12.1 Å². The first-order valence-corrected chi connectivity index (χ1v) is 13.6. The van der Waals surface area contributed by atoms with E-state index in [1.54, 1.807) is 0 Å². The molecule has 2 aliphatic heterocycles. The number of hydrogen-bond donors (Lipinski definition) is 2. The molecule has 1 saturated heterocycles. The fourth-order valence-corrected chi connectivity index (χ4v) is 6.94. The Hall–Kier alpha value is -3.32. The van der Waals surface area contributed by atoms with Gasteiger partial charge in [-0.05, 0) is 51.3 Å². The Morgan fingerprint density at radius 3 is 2.46 bits per heavy atom. The van der Waals surface area contributed by atoms with Crippen molar-refractivity contribution in [1.82, 2.24) is 24.4 Å². The number of aromatic amines is 2. The molecule has 13 heteroatoms. The van der Waals surface area contributed by atoms with Crippen molar-refractivity contribution in [3.05, 3.63) is 50.5 Å². The summed E-state index contributed by atoms with van der Waals surface area (Å²) < 4.78 is 60.5. The Balaban J connectivity index is 1.74. The van der Waals surface area contributed by atoms with E-state index in [1.165, 1.54) is 22.4 Å². The first kappa shape index (κ1) is 25.9. The van der Waals surface area contributed by atoms with E-state index in [2.05, 4.69) is 19.9 Å². The van der Waals surface area contributed by atoms with Crippen LogP contribution in [0.3, 0.4) is 0 Å². The normalized spacial score (nSPS) is 20.6.